The average Bonchev–Trinajstić information content (AvgIpc) is 2.90. The van der Waals surface area contributed by atoms with E-state index >= 15 is 0 Å². The largest absolute Gasteiger partial charge is 0.331 e. The van der Waals surface area contributed by atoms with Crippen LogP contribution in [-0.2, 0) is 12.1 Å². The molecule has 0 spiro atoms. The standard InChI is InChI=1S/C18H27N5O/c1-13(16-12-23(18(3,4)5)21-14(16)2)20-17(24)22(6)11-15-8-7-9-19-10-15/h7-10,12-13H,11H2,1-6H3,(H,20,24)/t13-/m1/s1. The Balaban J connectivity index is 2.02. The number of amides is 2. The number of aryl methyl sites for hydroxylation is 1. The van der Waals surface area contributed by atoms with Gasteiger partial charge in [-0.15, -0.1) is 0 Å². The van der Waals surface area contributed by atoms with Gasteiger partial charge >= 0.3 is 6.03 Å². The average molecular weight is 329 g/mol. The Kier molecular flexibility index (Phi) is 5.26. The minimum atomic E-state index is -0.116. The molecule has 2 rings (SSSR count). The second kappa shape index (κ2) is 7.03. The molecule has 0 aliphatic heterocycles. The van der Waals surface area contributed by atoms with Gasteiger partial charge in [0.25, 0.3) is 0 Å². The predicted molar refractivity (Wildman–Crippen MR) is 94.6 cm³/mol. The smallest absolute Gasteiger partial charge is 0.317 e. The number of carbonyl (C=O) groups excluding carboxylic acids is 1. The van der Waals surface area contributed by atoms with Crippen molar-refractivity contribution in [1.82, 2.24) is 25.0 Å². The van der Waals surface area contributed by atoms with E-state index in [4.69, 9.17) is 0 Å². The molecule has 0 unspecified atom stereocenters. The van der Waals surface area contributed by atoms with E-state index in [-0.39, 0.29) is 17.6 Å². The Hall–Kier alpha value is -2.37. The molecule has 130 valence electrons. The first-order valence-electron chi connectivity index (χ1n) is 8.15. The van der Waals surface area contributed by atoms with Gasteiger partial charge in [0.2, 0.25) is 0 Å². The lowest BCUT2D eigenvalue weighted by Crippen LogP contribution is -2.38. The van der Waals surface area contributed by atoms with Gasteiger partial charge in [-0.05, 0) is 46.2 Å². The zero-order valence-corrected chi connectivity index (χ0v) is 15.4. The quantitative estimate of drug-likeness (QED) is 0.936. The van der Waals surface area contributed by atoms with Crippen LogP contribution in [0.1, 0.15) is 50.6 Å². The summed E-state index contributed by atoms with van der Waals surface area (Å²) in [4.78, 5) is 18.1. The number of nitrogens with zero attached hydrogens (tertiary/aromatic N) is 4. The summed E-state index contributed by atoms with van der Waals surface area (Å²) in [6.07, 6.45) is 5.51. The van der Waals surface area contributed by atoms with Crippen molar-refractivity contribution in [2.75, 3.05) is 7.05 Å². The van der Waals surface area contributed by atoms with E-state index in [1.54, 1.807) is 24.3 Å². The van der Waals surface area contributed by atoms with E-state index in [1.807, 2.05) is 36.9 Å². The molecule has 1 N–H and O–H groups in total. The molecule has 2 heterocycles. The minimum Gasteiger partial charge on any atom is -0.331 e. The Bertz CT molecular complexity index is 687. The van der Waals surface area contributed by atoms with Crippen LogP contribution >= 0.6 is 0 Å². The summed E-state index contributed by atoms with van der Waals surface area (Å²) in [7, 11) is 1.78. The molecule has 0 saturated heterocycles. The number of urea groups is 1. The Morgan fingerprint density at radius 2 is 2.12 bits per heavy atom. The highest BCUT2D eigenvalue weighted by atomic mass is 16.2. The molecule has 0 aromatic carbocycles. The summed E-state index contributed by atoms with van der Waals surface area (Å²) < 4.78 is 1.94. The summed E-state index contributed by atoms with van der Waals surface area (Å²) >= 11 is 0. The molecule has 0 bridgehead atoms. The van der Waals surface area contributed by atoms with Gasteiger partial charge < -0.3 is 10.2 Å². The lowest BCUT2D eigenvalue weighted by molar-refractivity contribution is 0.203. The molecule has 2 aromatic rings. The maximum absolute atomic E-state index is 12.4. The summed E-state index contributed by atoms with van der Waals surface area (Å²) in [6.45, 7) is 10.8. The van der Waals surface area contributed by atoms with Gasteiger partial charge in [-0.3, -0.25) is 9.67 Å². The lowest BCUT2D eigenvalue weighted by Gasteiger charge is -2.21. The van der Waals surface area contributed by atoms with Crippen LogP contribution in [0.2, 0.25) is 0 Å². The maximum atomic E-state index is 12.4. The topological polar surface area (TPSA) is 63.1 Å². The number of hydrogen-bond acceptors (Lipinski definition) is 3. The molecule has 2 aromatic heterocycles. The van der Waals surface area contributed by atoms with Gasteiger partial charge in [0.15, 0.2) is 0 Å². The van der Waals surface area contributed by atoms with Crippen molar-refractivity contribution in [2.45, 2.75) is 52.7 Å². The molecule has 24 heavy (non-hydrogen) atoms. The molecule has 0 aliphatic rings. The summed E-state index contributed by atoms with van der Waals surface area (Å²) in [5, 5.41) is 7.60. The first-order valence-corrected chi connectivity index (χ1v) is 8.15. The molecule has 0 aliphatic carbocycles. The van der Waals surface area contributed by atoms with Crippen LogP contribution in [0.3, 0.4) is 0 Å². The van der Waals surface area contributed by atoms with E-state index in [0.717, 1.165) is 16.8 Å². The van der Waals surface area contributed by atoms with E-state index in [0.29, 0.717) is 6.54 Å². The molecule has 1 atom stereocenters. The molecule has 6 heteroatoms. The number of aromatic nitrogens is 3. The van der Waals surface area contributed by atoms with E-state index < -0.39 is 0 Å². The van der Waals surface area contributed by atoms with Crippen LogP contribution in [0.5, 0.6) is 0 Å². The van der Waals surface area contributed by atoms with Gasteiger partial charge in [0.1, 0.15) is 0 Å². The van der Waals surface area contributed by atoms with Crippen molar-refractivity contribution in [1.29, 1.82) is 0 Å². The SMILES string of the molecule is Cc1nn(C(C)(C)C)cc1[C@@H](C)NC(=O)N(C)Cc1cccnc1. The first-order chi connectivity index (χ1) is 11.2. The Morgan fingerprint density at radius 1 is 1.42 bits per heavy atom. The van der Waals surface area contributed by atoms with E-state index in [1.165, 1.54) is 0 Å². The fourth-order valence-corrected chi connectivity index (χ4v) is 2.45. The fourth-order valence-electron chi connectivity index (χ4n) is 2.45. The highest BCUT2D eigenvalue weighted by Crippen LogP contribution is 2.21. The minimum absolute atomic E-state index is 0.0795. The predicted octanol–water partition coefficient (Wildman–Crippen LogP) is 3.24. The third kappa shape index (κ3) is 4.34. The second-order valence-corrected chi connectivity index (χ2v) is 7.17. The van der Waals surface area contributed by atoms with Gasteiger partial charge in [0.05, 0.1) is 17.3 Å². The zero-order chi connectivity index (χ0) is 17.9. The molecule has 0 saturated carbocycles. The third-order valence-corrected chi connectivity index (χ3v) is 3.92. The van der Waals surface area contributed by atoms with Gasteiger partial charge in [0, 0.05) is 37.7 Å². The number of hydrogen-bond donors (Lipinski definition) is 1. The Morgan fingerprint density at radius 3 is 2.67 bits per heavy atom. The van der Waals surface area contributed by atoms with Crippen LogP contribution in [0.25, 0.3) is 0 Å². The van der Waals surface area contributed by atoms with Gasteiger partial charge in [-0.1, -0.05) is 6.07 Å². The van der Waals surface area contributed by atoms with Gasteiger partial charge in [-0.25, -0.2) is 4.79 Å². The Labute approximate surface area is 143 Å². The van der Waals surface area contributed by atoms with Crippen LogP contribution in [0.4, 0.5) is 4.79 Å². The highest BCUT2D eigenvalue weighted by Gasteiger charge is 2.21. The molecular weight excluding hydrogens is 302 g/mol. The summed E-state index contributed by atoms with van der Waals surface area (Å²) in [5.74, 6) is 0. The van der Waals surface area contributed by atoms with E-state index in [9.17, 15) is 4.79 Å². The van der Waals surface area contributed by atoms with Crippen LogP contribution in [0, 0.1) is 6.92 Å². The zero-order valence-electron chi connectivity index (χ0n) is 15.4. The van der Waals surface area contributed by atoms with Crippen LogP contribution in [0.15, 0.2) is 30.7 Å². The van der Waals surface area contributed by atoms with Crippen LogP contribution < -0.4 is 5.32 Å². The number of nitrogens with one attached hydrogen (secondary N) is 1. The van der Waals surface area contributed by atoms with E-state index in [2.05, 4.69) is 36.2 Å². The van der Waals surface area contributed by atoms with Gasteiger partial charge in [-0.2, -0.15) is 5.10 Å². The fraction of sp³-hybridized carbons (Fsp3) is 0.500. The van der Waals surface area contributed by atoms with Crippen molar-refractivity contribution in [2.24, 2.45) is 0 Å². The number of carbonyl (C=O) groups is 1. The third-order valence-electron chi connectivity index (χ3n) is 3.92. The summed E-state index contributed by atoms with van der Waals surface area (Å²) in [6, 6.07) is 3.60. The number of pyridine rings is 1. The molecular formula is C18H27N5O. The highest BCUT2D eigenvalue weighted by molar-refractivity contribution is 5.74. The van der Waals surface area contributed by atoms with Crippen molar-refractivity contribution in [3.05, 3.63) is 47.5 Å². The lowest BCUT2D eigenvalue weighted by atomic mass is 10.1. The van der Waals surface area contributed by atoms with Crippen molar-refractivity contribution in [3.8, 4) is 0 Å². The van der Waals surface area contributed by atoms with Crippen LogP contribution in [-0.4, -0.2) is 32.7 Å². The molecule has 0 radical (unpaired) electrons. The monoisotopic (exact) mass is 329 g/mol. The molecule has 0 fully saturated rings. The molecule has 6 nitrogen and oxygen atoms in total. The summed E-state index contributed by atoms with van der Waals surface area (Å²) in [5.41, 5.74) is 2.89. The first kappa shape index (κ1) is 18.0. The van der Waals surface area contributed by atoms with Crippen molar-refractivity contribution < 1.29 is 4.79 Å². The second-order valence-electron chi connectivity index (χ2n) is 7.17. The number of rotatable bonds is 4. The molecule has 2 amide bonds. The maximum Gasteiger partial charge on any atom is 0.317 e. The van der Waals surface area contributed by atoms with Crippen molar-refractivity contribution in [3.63, 3.8) is 0 Å². The van der Waals surface area contributed by atoms with Crippen molar-refractivity contribution >= 4 is 6.03 Å². The normalized spacial score (nSPS) is 12.8.